The number of rotatable bonds is 8. The smallest absolute Gasteiger partial charge is 0.337 e. The predicted molar refractivity (Wildman–Crippen MR) is 72.7 cm³/mol. The van der Waals surface area contributed by atoms with Gasteiger partial charge in [-0.1, -0.05) is 39.0 Å². The van der Waals surface area contributed by atoms with Crippen LogP contribution in [0.15, 0.2) is 18.3 Å². The van der Waals surface area contributed by atoms with Gasteiger partial charge in [0.25, 0.3) is 0 Å². The summed E-state index contributed by atoms with van der Waals surface area (Å²) in [6.07, 6.45) is 10.2. The van der Waals surface area contributed by atoms with Crippen LogP contribution in [0.5, 0.6) is 0 Å². The molecule has 1 aromatic heterocycles. The molecule has 0 aromatic carbocycles. The minimum atomic E-state index is -0.290. The van der Waals surface area contributed by atoms with Gasteiger partial charge in [-0.25, -0.2) is 4.79 Å². The van der Waals surface area contributed by atoms with Gasteiger partial charge >= 0.3 is 5.97 Å². The summed E-state index contributed by atoms with van der Waals surface area (Å²) >= 11 is 0. The molecule has 1 rings (SSSR count). The van der Waals surface area contributed by atoms with Crippen LogP contribution in [0.3, 0.4) is 0 Å². The number of aromatic nitrogens is 1. The summed E-state index contributed by atoms with van der Waals surface area (Å²) in [5.74, 6) is -0.290. The van der Waals surface area contributed by atoms with Gasteiger partial charge < -0.3 is 4.74 Å². The third kappa shape index (κ3) is 5.30. The lowest BCUT2D eigenvalue weighted by atomic mass is 10.1. The molecule has 0 atom stereocenters. The number of carbonyl (C=O) groups excluding carboxylic acids is 1. The average molecular weight is 249 g/mol. The van der Waals surface area contributed by atoms with Crippen molar-refractivity contribution in [1.29, 1.82) is 0 Å². The van der Waals surface area contributed by atoms with E-state index in [0.717, 1.165) is 18.5 Å². The number of carbonyl (C=O) groups is 1. The van der Waals surface area contributed by atoms with Crippen LogP contribution in [0.25, 0.3) is 0 Å². The first-order valence-electron chi connectivity index (χ1n) is 6.81. The van der Waals surface area contributed by atoms with Crippen LogP contribution in [0.1, 0.15) is 61.5 Å². The number of methoxy groups -OCH3 is 1. The van der Waals surface area contributed by atoms with Crippen LogP contribution >= 0.6 is 0 Å². The first-order chi connectivity index (χ1) is 8.77. The molecule has 0 N–H and O–H groups in total. The Morgan fingerprint density at radius 3 is 2.67 bits per heavy atom. The van der Waals surface area contributed by atoms with Gasteiger partial charge in [-0.3, -0.25) is 4.98 Å². The number of hydrogen-bond donors (Lipinski definition) is 0. The summed E-state index contributed by atoms with van der Waals surface area (Å²) in [7, 11) is 1.40. The highest BCUT2D eigenvalue weighted by atomic mass is 16.5. The second kappa shape index (κ2) is 8.67. The van der Waals surface area contributed by atoms with Crippen molar-refractivity contribution in [3.63, 3.8) is 0 Å². The molecule has 0 fully saturated rings. The fourth-order valence-corrected chi connectivity index (χ4v) is 1.95. The van der Waals surface area contributed by atoms with E-state index in [1.807, 2.05) is 6.07 Å². The van der Waals surface area contributed by atoms with Gasteiger partial charge in [-0.2, -0.15) is 0 Å². The highest BCUT2D eigenvalue weighted by Gasteiger charge is 2.06. The monoisotopic (exact) mass is 249 g/mol. The minimum Gasteiger partial charge on any atom is -0.465 e. The van der Waals surface area contributed by atoms with E-state index >= 15 is 0 Å². The van der Waals surface area contributed by atoms with Crippen molar-refractivity contribution in [3.8, 4) is 0 Å². The van der Waals surface area contributed by atoms with Crippen molar-refractivity contribution < 1.29 is 9.53 Å². The van der Waals surface area contributed by atoms with Crippen LogP contribution in [-0.2, 0) is 11.2 Å². The molecule has 0 aliphatic carbocycles. The zero-order chi connectivity index (χ0) is 13.2. The normalized spacial score (nSPS) is 10.3. The first kappa shape index (κ1) is 14.7. The molecule has 18 heavy (non-hydrogen) atoms. The molecule has 0 saturated heterocycles. The maximum atomic E-state index is 11.4. The first-order valence-corrected chi connectivity index (χ1v) is 6.81. The number of ether oxygens (including phenoxy) is 1. The van der Waals surface area contributed by atoms with E-state index in [1.165, 1.54) is 39.2 Å². The molecule has 0 amide bonds. The predicted octanol–water partition coefficient (Wildman–Crippen LogP) is 3.77. The van der Waals surface area contributed by atoms with Crippen LogP contribution in [0.2, 0.25) is 0 Å². The lowest BCUT2D eigenvalue weighted by Gasteiger charge is -2.03. The summed E-state index contributed by atoms with van der Waals surface area (Å²) in [6, 6.07) is 3.52. The Morgan fingerprint density at radius 1 is 1.22 bits per heavy atom. The molecule has 100 valence electrons. The molecule has 3 nitrogen and oxygen atoms in total. The highest BCUT2D eigenvalue weighted by molar-refractivity contribution is 5.89. The molecule has 0 unspecified atom stereocenters. The number of unbranched alkanes of at least 4 members (excludes halogenated alkanes) is 5. The topological polar surface area (TPSA) is 39.2 Å². The molecule has 0 saturated carbocycles. The third-order valence-electron chi connectivity index (χ3n) is 3.02. The number of esters is 1. The Balaban J connectivity index is 2.32. The molecule has 0 radical (unpaired) electrons. The molecule has 0 bridgehead atoms. The van der Waals surface area contributed by atoms with Gasteiger partial charge in [0.2, 0.25) is 0 Å². The highest BCUT2D eigenvalue weighted by Crippen LogP contribution is 2.10. The largest absolute Gasteiger partial charge is 0.465 e. The fourth-order valence-electron chi connectivity index (χ4n) is 1.95. The van der Waals surface area contributed by atoms with Crippen molar-refractivity contribution in [2.45, 2.75) is 51.9 Å². The van der Waals surface area contributed by atoms with Crippen LogP contribution in [0.4, 0.5) is 0 Å². The molecule has 0 spiro atoms. The Labute approximate surface area is 110 Å². The SMILES string of the molecule is CCCCCCCCc1cc(C(=O)OC)ccn1. The maximum Gasteiger partial charge on any atom is 0.337 e. The van der Waals surface area contributed by atoms with Gasteiger partial charge in [0.15, 0.2) is 0 Å². The van der Waals surface area contributed by atoms with E-state index in [4.69, 9.17) is 4.74 Å². The van der Waals surface area contributed by atoms with E-state index in [1.54, 1.807) is 12.3 Å². The van der Waals surface area contributed by atoms with Crippen molar-refractivity contribution in [2.24, 2.45) is 0 Å². The molecule has 1 aromatic rings. The Kier molecular flexibility index (Phi) is 7.07. The van der Waals surface area contributed by atoms with Gasteiger partial charge in [-0.05, 0) is 25.0 Å². The molecule has 3 heteroatoms. The quantitative estimate of drug-likeness (QED) is 0.520. The summed E-state index contributed by atoms with van der Waals surface area (Å²) in [5, 5.41) is 0. The number of nitrogens with zero attached hydrogens (tertiary/aromatic N) is 1. The van der Waals surface area contributed by atoms with E-state index in [2.05, 4.69) is 11.9 Å². The maximum absolute atomic E-state index is 11.4. The molecule has 0 aliphatic heterocycles. The number of aryl methyl sites for hydroxylation is 1. The van der Waals surface area contributed by atoms with Crippen LogP contribution in [0, 0.1) is 0 Å². The Hall–Kier alpha value is -1.38. The van der Waals surface area contributed by atoms with Crippen LogP contribution < -0.4 is 0 Å². The zero-order valence-electron chi connectivity index (χ0n) is 11.4. The fraction of sp³-hybridized carbons (Fsp3) is 0.600. The third-order valence-corrected chi connectivity index (χ3v) is 3.02. The standard InChI is InChI=1S/C15H23NO2/c1-3-4-5-6-7-8-9-14-12-13(10-11-16-14)15(17)18-2/h10-12H,3-9H2,1-2H3. The van der Waals surface area contributed by atoms with Crippen molar-refractivity contribution in [2.75, 3.05) is 7.11 Å². The lowest BCUT2D eigenvalue weighted by Crippen LogP contribution is -2.03. The number of pyridine rings is 1. The van der Waals surface area contributed by atoms with E-state index in [0.29, 0.717) is 5.56 Å². The summed E-state index contributed by atoms with van der Waals surface area (Å²) in [6.45, 7) is 2.22. The Bertz CT molecular complexity index is 363. The second-order valence-corrected chi connectivity index (χ2v) is 4.55. The lowest BCUT2D eigenvalue weighted by molar-refractivity contribution is 0.0600. The van der Waals surface area contributed by atoms with E-state index < -0.39 is 0 Å². The zero-order valence-corrected chi connectivity index (χ0v) is 11.4. The van der Waals surface area contributed by atoms with Crippen molar-refractivity contribution in [3.05, 3.63) is 29.6 Å². The second-order valence-electron chi connectivity index (χ2n) is 4.55. The van der Waals surface area contributed by atoms with Gasteiger partial charge in [0, 0.05) is 11.9 Å². The van der Waals surface area contributed by atoms with Gasteiger partial charge in [-0.15, -0.1) is 0 Å². The van der Waals surface area contributed by atoms with Crippen molar-refractivity contribution >= 4 is 5.97 Å². The minimum absolute atomic E-state index is 0.290. The molecule has 0 aliphatic rings. The average Bonchev–Trinajstić information content (AvgIpc) is 2.42. The van der Waals surface area contributed by atoms with Gasteiger partial charge in [0.05, 0.1) is 12.7 Å². The number of hydrogen-bond acceptors (Lipinski definition) is 3. The molecule has 1 heterocycles. The van der Waals surface area contributed by atoms with Gasteiger partial charge in [0.1, 0.15) is 0 Å². The summed E-state index contributed by atoms with van der Waals surface area (Å²) in [5.41, 5.74) is 1.57. The Morgan fingerprint density at radius 2 is 1.94 bits per heavy atom. The van der Waals surface area contributed by atoms with E-state index in [-0.39, 0.29) is 5.97 Å². The summed E-state index contributed by atoms with van der Waals surface area (Å²) < 4.78 is 4.69. The molecular formula is C15H23NO2. The van der Waals surface area contributed by atoms with Crippen LogP contribution in [-0.4, -0.2) is 18.1 Å². The van der Waals surface area contributed by atoms with Crippen molar-refractivity contribution in [1.82, 2.24) is 4.98 Å². The summed E-state index contributed by atoms with van der Waals surface area (Å²) in [4.78, 5) is 15.6. The molecular weight excluding hydrogens is 226 g/mol. The van der Waals surface area contributed by atoms with E-state index in [9.17, 15) is 4.79 Å².